The number of nitrogens with zero attached hydrogens (tertiary/aromatic N) is 2. The fourth-order valence-corrected chi connectivity index (χ4v) is 6.03. The lowest BCUT2D eigenvalue weighted by molar-refractivity contribution is 0.395. The van der Waals surface area contributed by atoms with E-state index < -0.39 is 10.0 Å². The highest BCUT2D eigenvalue weighted by atomic mass is 32.2. The Labute approximate surface area is 150 Å². The van der Waals surface area contributed by atoms with Crippen molar-refractivity contribution in [3.05, 3.63) is 53.5 Å². The highest BCUT2D eigenvalue weighted by Gasteiger charge is 2.37. The van der Waals surface area contributed by atoms with E-state index in [-0.39, 0.29) is 6.04 Å². The minimum Gasteiger partial charge on any atom is -0.497 e. The minimum atomic E-state index is -3.55. The molecule has 0 aliphatic carbocycles. The van der Waals surface area contributed by atoms with Gasteiger partial charge >= 0.3 is 0 Å². The normalized spacial score (nSPS) is 18.7. The molecule has 1 aromatic heterocycles. The first kappa shape index (κ1) is 16.5. The number of methoxy groups -OCH3 is 1. The average molecular weight is 374 g/mol. The van der Waals surface area contributed by atoms with Crippen LogP contribution in [0.15, 0.2) is 53.4 Å². The highest BCUT2D eigenvalue weighted by molar-refractivity contribution is 7.89. The summed E-state index contributed by atoms with van der Waals surface area (Å²) in [6, 6.07) is 14.3. The van der Waals surface area contributed by atoms with Crippen molar-refractivity contribution >= 4 is 31.6 Å². The molecular weight excluding hydrogens is 356 g/mol. The molecule has 2 aromatic carbocycles. The Balaban J connectivity index is 1.70. The molecule has 25 heavy (non-hydrogen) atoms. The van der Waals surface area contributed by atoms with Crippen LogP contribution in [0.4, 0.5) is 0 Å². The molecule has 7 heteroatoms. The molecule has 0 saturated carbocycles. The number of thiazole rings is 1. The van der Waals surface area contributed by atoms with Gasteiger partial charge < -0.3 is 4.74 Å². The maximum absolute atomic E-state index is 13.1. The molecule has 0 spiro atoms. The lowest BCUT2D eigenvalue weighted by atomic mass is 10.2. The Morgan fingerprint density at radius 3 is 2.64 bits per heavy atom. The molecule has 130 valence electrons. The van der Waals surface area contributed by atoms with Crippen molar-refractivity contribution < 1.29 is 13.2 Å². The summed E-state index contributed by atoms with van der Waals surface area (Å²) < 4.78 is 34.0. The molecule has 1 saturated heterocycles. The van der Waals surface area contributed by atoms with Crippen LogP contribution in [0.25, 0.3) is 10.2 Å². The summed E-state index contributed by atoms with van der Waals surface area (Å²) >= 11 is 1.58. The fraction of sp³-hybridized carbons (Fsp3) is 0.278. The molecule has 0 amide bonds. The van der Waals surface area contributed by atoms with Crippen molar-refractivity contribution in [2.24, 2.45) is 0 Å². The molecule has 1 aliphatic rings. The maximum atomic E-state index is 13.1. The second-order valence-corrected chi connectivity index (χ2v) is 8.92. The third-order valence-corrected chi connectivity index (χ3v) is 7.53. The zero-order chi connectivity index (χ0) is 17.4. The Kier molecular flexibility index (Phi) is 4.23. The zero-order valence-corrected chi connectivity index (χ0v) is 15.4. The maximum Gasteiger partial charge on any atom is 0.243 e. The van der Waals surface area contributed by atoms with Crippen molar-refractivity contribution in [2.75, 3.05) is 13.7 Å². The van der Waals surface area contributed by atoms with Crippen molar-refractivity contribution in [1.29, 1.82) is 0 Å². The predicted molar refractivity (Wildman–Crippen MR) is 98.5 cm³/mol. The van der Waals surface area contributed by atoms with Crippen LogP contribution >= 0.6 is 11.3 Å². The molecule has 0 unspecified atom stereocenters. The second kappa shape index (κ2) is 6.40. The first-order valence-corrected chi connectivity index (χ1v) is 10.4. The summed E-state index contributed by atoms with van der Waals surface area (Å²) in [5.41, 5.74) is 0.927. The van der Waals surface area contributed by atoms with Crippen LogP contribution in [0.5, 0.6) is 5.75 Å². The van der Waals surface area contributed by atoms with Crippen LogP contribution in [0.2, 0.25) is 0 Å². The fourth-order valence-electron chi connectivity index (χ4n) is 3.19. The molecule has 0 bridgehead atoms. The lowest BCUT2D eigenvalue weighted by Gasteiger charge is -2.22. The van der Waals surface area contributed by atoms with E-state index >= 15 is 0 Å². The van der Waals surface area contributed by atoms with E-state index in [2.05, 4.69) is 4.98 Å². The van der Waals surface area contributed by atoms with E-state index in [1.807, 2.05) is 24.3 Å². The molecular formula is C18H18N2O3S2. The molecule has 1 atom stereocenters. The van der Waals surface area contributed by atoms with Crippen LogP contribution < -0.4 is 4.74 Å². The van der Waals surface area contributed by atoms with E-state index in [4.69, 9.17) is 4.74 Å². The average Bonchev–Trinajstić information content (AvgIpc) is 3.28. The van der Waals surface area contributed by atoms with Gasteiger partial charge in [-0.2, -0.15) is 4.31 Å². The third kappa shape index (κ3) is 2.92. The number of rotatable bonds is 4. The van der Waals surface area contributed by atoms with E-state index in [1.54, 1.807) is 47.0 Å². The standard InChI is InChI=1S/C18H18N2O3S2/c1-23-13-8-10-14(11-9-13)25(21,22)20-12-4-6-16(20)18-19-15-5-2-3-7-17(15)24-18/h2-3,5,7-11,16H,4,6,12H2,1H3/t16-/m1/s1. The first-order chi connectivity index (χ1) is 12.1. The second-order valence-electron chi connectivity index (χ2n) is 5.97. The smallest absolute Gasteiger partial charge is 0.243 e. The Morgan fingerprint density at radius 2 is 1.92 bits per heavy atom. The number of aromatic nitrogens is 1. The van der Waals surface area contributed by atoms with E-state index in [1.165, 1.54) is 0 Å². The molecule has 2 heterocycles. The van der Waals surface area contributed by atoms with Crippen molar-refractivity contribution in [2.45, 2.75) is 23.8 Å². The lowest BCUT2D eigenvalue weighted by Crippen LogP contribution is -2.30. The van der Waals surface area contributed by atoms with Gasteiger partial charge in [0.05, 0.1) is 28.3 Å². The Hall–Kier alpha value is -1.96. The number of hydrogen-bond donors (Lipinski definition) is 0. The van der Waals surface area contributed by atoms with Gasteiger partial charge in [-0.1, -0.05) is 12.1 Å². The Morgan fingerprint density at radius 1 is 1.16 bits per heavy atom. The highest BCUT2D eigenvalue weighted by Crippen LogP contribution is 2.39. The van der Waals surface area contributed by atoms with Crippen LogP contribution in [0, 0.1) is 0 Å². The number of para-hydroxylation sites is 1. The van der Waals surface area contributed by atoms with Crippen molar-refractivity contribution in [1.82, 2.24) is 9.29 Å². The van der Waals surface area contributed by atoms with Crippen LogP contribution in [0.1, 0.15) is 23.9 Å². The third-order valence-electron chi connectivity index (χ3n) is 4.47. The number of ether oxygens (including phenoxy) is 1. The molecule has 0 radical (unpaired) electrons. The minimum absolute atomic E-state index is 0.190. The molecule has 1 aliphatic heterocycles. The SMILES string of the molecule is COc1ccc(S(=O)(=O)N2CCC[C@@H]2c2nc3ccccc3s2)cc1. The largest absolute Gasteiger partial charge is 0.497 e. The van der Waals surface area contributed by atoms with Gasteiger partial charge in [-0.05, 0) is 49.2 Å². The van der Waals surface area contributed by atoms with Crippen LogP contribution in [-0.2, 0) is 10.0 Å². The number of fused-ring (bicyclic) bond motifs is 1. The van der Waals surface area contributed by atoms with E-state index in [0.717, 1.165) is 28.1 Å². The van der Waals surface area contributed by atoms with Gasteiger partial charge in [0.15, 0.2) is 0 Å². The number of hydrogen-bond acceptors (Lipinski definition) is 5. The number of benzene rings is 2. The summed E-state index contributed by atoms with van der Waals surface area (Å²) in [6.45, 7) is 0.523. The first-order valence-electron chi connectivity index (χ1n) is 8.11. The van der Waals surface area contributed by atoms with Crippen molar-refractivity contribution in [3.8, 4) is 5.75 Å². The van der Waals surface area contributed by atoms with E-state index in [0.29, 0.717) is 17.2 Å². The van der Waals surface area contributed by atoms with Gasteiger partial charge in [0, 0.05) is 6.54 Å². The molecule has 3 aromatic rings. The summed E-state index contributed by atoms with van der Waals surface area (Å²) in [5.74, 6) is 0.642. The monoisotopic (exact) mass is 374 g/mol. The quantitative estimate of drug-likeness (QED) is 0.696. The molecule has 0 N–H and O–H groups in total. The summed E-state index contributed by atoms with van der Waals surface area (Å²) in [4.78, 5) is 4.96. The summed E-state index contributed by atoms with van der Waals surface area (Å²) in [6.07, 6.45) is 1.64. The van der Waals surface area contributed by atoms with Crippen LogP contribution in [-0.4, -0.2) is 31.4 Å². The molecule has 5 nitrogen and oxygen atoms in total. The van der Waals surface area contributed by atoms with Gasteiger partial charge in [-0.15, -0.1) is 11.3 Å². The molecule has 1 fully saturated rings. The van der Waals surface area contributed by atoms with Gasteiger partial charge in [-0.25, -0.2) is 13.4 Å². The van der Waals surface area contributed by atoms with Gasteiger partial charge in [0.2, 0.25) is 10.0 Å². The van der Waals surface area contributed by atoms with Gasteiger partial charge in [-0.3, -0.25) is 0 Å². The van der Waals surface area contributed by atoms with Gasteiger partial charge in [0.1, 0.15) is 10.8 Å². The van der Waals surface area contributed by atoms with Crippen LogP contribution in [0.3, 0.4) is 0 Å². The van der Waals surface area contributed by atoms with Crippen molar-refractivity contribution in [3.63, 3.8) is 0 Å². The summed E-state index contributed by atoms with van der Waals surface area (Å²) in [5, 5.41) is 0.871. The Bertz CT molecular complexity index is 964. The van der Waals surface area contributed by atoms with E-state index in [9.17, 15) is 8.42 Å². The zero-order valence-electron chi connectivity index (χ0n) is 13.8. The van der Waals surface area contributed by atoms with Gasteiger partial charge in [0.25, 0.3) is 0 Å². The topological polar surface area (TPSA) is 59.5 Å². The number of sulfonamides is 1. The predicted octanol–water partition coefficient (Wildman–Crippen LogP) is 3.83. The summed E-state index contributed by atoms with van der Waals surface area (Å²) in [7, 11) is -1.99. The molecule has 4 rings (SSSR count).